The van der Waals surface area contributed by atoms with Crippen LogP contribution in [0.4, 0.5) is 0 Å². The average Bonchev–Trinajstić information content (AvgIpc) is 3.29. The molecule has 0 bridgehead atoms. The van der Waals surface area contributed by atoms with Gasteiger partial charge in [0, 0.05) is 5.25 Å². The van der Waals surface area contributed by atoms with Crippen LogP contribution in [0, 0.1) is 53.3 Å². The first-order valence-corrected chi connectivity index (χ1v) is 13.4. The number of fused-ring (bicyclic) bond motifs is 2. The first kappa shape index (κ1) is 19.1. The monoisotopic (exact) mass is 386 g/mol. The Bertz CT molecular complexity index is 565. The van der Waals surface area contributed by atoms with E-state index in [4.69, 9.17) is 0 Å². The van der Waals surface area contributed by atoms with Gasteiger partial charge in [-0.3, -0.25) is 0 Å². The van der Waals surface area contributed by atoms with Crippen LogP contribution in [0.15, 0.2) is 11.0 Å². The van der Waals surface area contributed by atoms with Gasteiger partial charge in [0.2, 0.25) is 0 Å². The van der Waals surface area contributed by atoms with Gasteiger partial charge in [-0.15, -0.1) is 11.8 Å². The number of hydrogen-bond donors (Lipinski definition) is 0. The lowest BCUT2D eigenvalue weighted by Crippen LogP contribution is -2.28. The van der Waals surface area contributed by atoms with Crippen molar-refractivity contribution >= 4 is 11.8 Å². The van der Waals surface area contributed by atoms with Gasteiger partial charge in [-0.2, -0.15) is 0 Å². The highest BCUT2D eigenvalue weighted by Gasteiger charge is 2.50. The van der Waals surface area contributed by atoms with Crippen LogP contribution in [-0.4, -0.2) is 5.25 Å². The molecular weight excluding hydrogens is 344 g/mol. The lowest BCUT2D eigenvalue weighted by molar-refractivity contribution is 0.181. The zero-order chi connectivity index (χ0) is 18.5. The van der Waals surface area contributed by atoms with Crippen molar-refractivity contribution in [3.05, 3.63) is 11.0 Å². The molecule has 1 heterocycles. The Kier molecular flexibility index (Phi) is 5.46. The summed E-state index contributed by atoms with van der Waals surface area (Å²) in [5.41, 5.74) is 1.92. The second-order valence-corrected chi connectivity index (χ2v) is 12.4. The Morgan fingerprint density at radius 1 is 0.778 bits per heavy atom. The fourth-order valence-electron chi connectivity index (χ4n) is 8.53. The van der Waals surface area contributed by atoms with Crippen molar-refractivity contribution in [2.45, 2.75) is 96.7 Å². The molecule has 5 aliphatic rings. The van der Waals surface area contributed by atoms with E-state index in [-0.39, 0.29) is 0 Å². The van der Waals surface area contributed by atoms with Gasteiger partial charge >= 0.3 is 0 Å². The third kappa shape index (κ3) is 3.36. The van der Waals surface area contributed by atoms with Crippen molar-refractivity contribution in [2.24, 2.45) is 53.3 Å². The van der Waals surface area contributed by atoms with Crippen LogP contribution in [0.2, 0.25) is 0 Å². The summed E-state index contributed by atoms with van der Waals surface area (Å²) in [6.45, 7) is 7.76. The minimum absolute atomic E-state index is 0.931. The molecule has 5 rings (SSSR count). The van der Waals surface area contributed by atoms with E-state index >= 15 is 0 Å². The molecule has 0 spiro atoms. The minimum atomic E-state index is 0.931. The Labute approximate surface area is 172 Å². The summed E-state index contributed by atoms with van der Waals surface area (Å²) in [5.74, 6) is 9.03. The highest BCUT2D eigenvalue weighted by molar-refractivity contribution is 8.03. The van der Waals surface area contributed by atoms with E-state index in [9.17, 15) is 0 Å². The average molecular weight is 387 g/mol. The van der Waals surface area contributed by atoms with Crippen LogP contribution in [-0.2, 0) is 0 Å². The SMILES string of the molecule is CC1CCCCC1C1=CSC2C1CC(C)C2CC1C(C)CC2CCCCC21. The highest BCUT2D eigenvalue weighted by atomic mass is 32.2. The molecule has 0 N–H and O–H groups in total. The molecule has 4 aliphatic carbocycles. The molecule has 0 radical (unpaired) electrons. The molecule has 10 unspecified atom stereocenters. The standard InChI is InChI=1S/C26H42S/c1-16-8-4-6-10-20(16)25-15-27-26-23(18(3)13-24(25)26)14-22-17(2)12-19-9-5-7-11-21(19)22/h15-24,26H,4-14H2,1-3H3. The number of allylic oxidation sites excluding steroid dienone is 1. The van der Waals surface area contributed by atoms with E-state index in [0.717, 1.165) is 58.5 Å². The molecule has 10 atom stereocenters. The second kappa shape index (κ2) is 7.73. The van der Waals surface area contributed by atoms with Gasteiger partial charge < -0.3 is 0 Å². The van der Waals surface area contributed by atoms with Gasteiger partial charge in [-0.1, -0.05) is 64.9 Å². The first-order valence-electron chi connectivity index (χ1n) is 12.5. The fraction of sp³-hybridized carbons (Fsp3) is 0.923. The van der Waals surface area contributed by atoms with Crippen LogP contribution in [0.5, 0.6) is 0 Å². The zero-order valence-corrected chi connectivity index (χ0v) is 18.9. The summed E-state index contributed by atoms with van der Waals surface area (Å²) < 4.78 is 0. The molecule has 0 aromatic rings. The molecule has 0 nitrogen and oxygen atoms in total. The largest absolute Gasteiger partial charge is 0.130 e. The van der Waals surface area contributed by atoms with Gasteiger partial charge in [-0.25, -0.2) is 0 Å². The molecule has 0 aromatic heterocycles. The van der Waals surface area contributed by atoms with Crippen LogP contribution < -0.4 is 0 Å². The molecule has 4 saturated carbocycles. The number of rotatable bonds is 3. The van der Waals surface area contributed by atoms with Crippen LogP contribution in [0.1, 0.15) is 91.4 Å². The summed E-state index contributed by atoms with van der Waals surface area (Å²) in [6.07, 6.45) is 16.7. The minimum Gasteiger partial charge on any atom is -0.130 e. The Morgan fingerprint density at radius 3 is 2.37 bits per heavy atom. The molecule has 27 heavy (non-hydrogen) atoms. The number of hydrogen-bond acceptors (Lipinski definition) is 1. The molecule has 1 aliphatic heterocycles. The van der Waals surface area contributed by atoms with E-state index in [0.29, 0.717) is 0 Å². The van der Waals surface area contributed by atoms with E-state index in [1.54, 1.807) is 25.7 Å². The molecule has 1 heteroatoms. The topological polar surface area (TPSA) is 0 Å². The molecule has 152 valence electrons. The van der Waals surface area contributed by atoms with E-state index in [1.165, 1.54) is 44.9 Å². The van der Waals surface area contributed by atoms with Gasteiger partial charge in [0.05, 0.1) is 0 Å². The predicted molar refractivity (Wildman–Crippen MR) is 119 cm³/mol. The first-order chi connectivity index (χ1) is 13.1. The van der Waals surface area contributed by atoms with Gasteiger partial charge in [0.25, 0.3) is 0 Å². The smallest absolute Gasteiger partial charge is 0.0185 e. The van der Waals surface area contributed by atoms with Crippen molar-refractivity contribution in [1.29, 1.82) is 0 Å². The van der Waals surface area contributed by atoms with E-state index < -0.39 is 0 Å². The Balaban J connectivity index is 1.28. The summed E-state index contributed by atoms with van der Waals surface area (Å²) >= 11 is 2.28. The van der Waals surface area contributed by atoms with Crippen molar-refractivity contribution in [1.82, 2.24) is 0 Å². The van der Waals surface area contributed by atoms with Crippen LogP contribution in [0.3, 0.4) is 0 Å². The second-order valence-electron chi connectivity index (χ2n) is 11.4. The maximum Gasteiger partial charge on any atom is 0.0185 e. The summed E-state index contributed by atoms with van der Waals surface area (Å²) in [4.78, 5) is 0. The van der Waals surface area contributed by atoms with Crippen LogP contribution >= 0.6 is 11.8 Å². The third-order valence-corrected chi connectivity index (χ3v) is 11.4. The molecular formula is C26H42S. The quantitative estimate of drug-likeness (QED) is 0.474. The third-order valence-electron chi connectivity index (χ3n) is 9.97. The Morgan fingerprint density at radius 2 is 1.52 bits per heavy atom. The van der Waals surface area contributed by atoms with Gasteiger partial charge in [-0.05, 0) is 90.8 Å². The predicted octanol–water partition coefficient (Wildman–Crippen LogP) is 7.94. The maximum absolute atomic E-state index is 2.68. The Hall–Kier alpha value is 0.0900. The summed E-state index contributed by atoms with van der Waals surface area (Å²) in [5, 5.41) is 3.63. The maximum atomic E-state index is 2.68. The van der Waals surface area contributed by atoms with Crippen molar-refractivity contribution < 1.29 is 0 Å². The lowest BCUT2D eigenvalue weighted by atomic mass is 9.72. The fourth-order valence-corrected chi connectivity index (χ4v) is 10.2. The molecule has 0 aromatic carbocycles. The van der Waals surface area contributed by atoms with E-state index in [1.807, 2.05) is 5.57 Å². The van der Waals surface area contributed by atoms with Crippen molar-refractivity contribution in [3.63, 3.8) is 0 Å². The highest BCUT2D eigenvalue weighted by Crippen LogP contribution is 2.59. The van der Waals surface area contributed by atoms with E-state index in [2.05, 4.69) is 37.9 Å². The lowest BCUT2D eigenvalue weighted by Gasteiger charge is -2.34. The van der Waals surface area contributed by atoms with Gasteiger partial charge in [0.15, 0.2) is 0 Å². The molecule has 4 fully saturated rings. The number of thioether (sulfide) groups is 1. The molecule has 0 saturated heterocycles. The normalized spacial score (nSPS) is 52.5. The summed E-state index contributed by atoms with van der Waals surface area (Å²) in [7, 11) is 0. The summed E-state index contributed by atoms with van der Waals surface area (Å²) in [6, 6.07) is 0. The van der Waals surface area contributed by atoms with Crippen molar-refractivity contribution in [3.8, 4) is 0 Å². The molecule has 0 amide bonds. The van der Waals surface area contributed by atoms with Crippen molar-refractivity contribution in [2.75, 3.05) is 0 Å². The zero-order valence-electron chi connectivity index (χ0n) is 18.0. The van der Waals surface area contributed by atoms with Crippen LogP contribution in [0.25, 0.3) is 0 Å². The van der Waals surface area contributed by atoms with Gasteiger partial charge in [0.1, 0.15) is 0 Å².